The molecule has 1 aliphatic rings. The van der Waals surface area contributed by atoms with Crippen LogP contribution in [0, 0.1) is 12.8 Å². The quantitative estimate of drug-likeness (QED) is 0.893. The molecule has 5 heteroatoms. The predicted octanol–water partition coefficient (Wildman–Crippen LogP) is 1.55. The molecule has 4 nitrogen and oxygen atoms in total. The standard InChI is InChI=1S/C12H21ClN4/c1-8(14)10-4-5-17(6-10)7-11-12(13)9(2)16(3)15-11/h8,10H,4-7,14H2,1-3H3. The number of likely N-dealkylation sites (tertiary alicyclic amines) is 1. The Morgan fingerprint density at radius 3 is 2.76 bits per heavy atom. The number of rotatable bonds is 3. The maximum atomic E-state index is 6.26. The fourth-order valence-corrected chi connectivity index (χ4v) is 2.62. The molecular formula is C12H21ClN4. The molecule has 0 amide bonds. The highest BCUT2D eigenvalue weighted by Gasteiger charge is 2.26. The van der Waals surface area contributed by atoms with Crippen molar-refractivity contribution in [2.45, 2.75) is 32.9 Å². The number of aromatic nitrogens is 2. The van der Waals surface area contributed by atoms with Gasteiger partial charge in [0.2, 0.25) is 0 Å². The van der Waals surface area contributed by atoms with Gasteiger partial charge in [-0.15, -0.1) is 0 Å². The molecule has 1 aliphatic heterocycles. The zero-order valence-electron chi connectivity index (χ0n) is 10.8. The molecule has 96 valence electrons. The minimum Gasteiger partial charge on any atom is -0.328 e. The van der Waals surface area contributed by atoms with Crippen molar-refractivity contribution in [2.75, 3.05) is 13.1 Å². The normalized spacial score (nSPS) is 23.2. The molecule has 0 aromatic carbocycles. The van der Waals surface area contributed by atoms with Crippen molar-refractivity contribution in [3.8, 4) is 0 Å². The highest BCUT2D eigenvalue weighted by atomic mass is 35.5. The summed E-state index contributed by atoms with van der Waals surface area (Å²) in [6, 6.07) is 0.279. The van der Waals surface area contributed by atoms with Gasteiger partial charge in [0, 0.05) is 26.2 Å². The molecule has 0 spiro atoms. The van der Waals surface area contributed by atoms with Crippen molar-refractivity contribution in [1.29, 1.82) is 0 Å². The molecular weight excluding hydrogens is 236 g/mol. The molecule has 1 saturated heterocycles. The monoisotopic (exact) mass is 256 g/mol. The van der Waals surface area contributed by atoms with E-state index < -0.39 is 0 Å². The molecule has 2 atom stereocenters. The lowest BCUT2D eigenvalue weighted by Gasteiger charge is -2.16. The van der Waals surface area contributed by atoms with E-state index in [-0.39, 0.29) is 6.04 Å². The van der Waals surface area contributed by atoms with Crippen molar-refractivity contribution in [2.24, 2.45) is 18.7 Å². The van der Waals surface area contributed by atoms with Gasteiger partial charge in [0.25, 0.3) is 0 Å². The van der Waals surface area contributed by atoms with E-state index in [0.717, 1.165) is 36.0 Å². The van der Waals surface area contributed by atoms with Gasteiger partial charge in [-0.3, -0.25) is 9.58 Å². The molecule has 17 heavy (non-hydrogen) atoms. The fourth-order valence-electron chi connectivity index (χ4n) is 2.40. The van der Waals surface area contributed by atoms with E-state index in [2.05, 4.69) is 16.9 Å². The lowest BCUT2D eigenvalue weighted by Crippen LogP contribution is -2.29. The first-order chi connectivity index (χ1) is 7.99. The molecule has 2 rings (SSSR count). The second kappa shape index (κ2) is 4.96. The maximum Gasteiger partial charge on any atom is 0.0953 e. The summed E-state index contributed by atoms with van der Waals surface area (Å²) in [6.45, 7) is 7.07. The van der Waals surface area contributed by atoms with E-state index in [0.29, 0.717) is 5.92 Å². The van der Waals surface area contributed by atoms with E-state index >= 15 is 0 Å². The van der Waals surface area contributed by atoms with Crippen LogP contribution in [0.25, 0.3) is 0 Å². The number of hydrogen-bond acceptors (Lipinski definition) is 3. The highest BCUT2D eigenvalue weighted by molar-refractivity contribution is 6.31. The predicted molar refractivity (Wildman–Crippen MR) is 70.0 cm³/mol. The molecule has 1 aromatic heterocycles. The third kappa shape index (κ3) is 2.64. The van der Waals surface area contributed by atoms with Crippen molar-refractivity contribution in [3.05, 3.63) is 16.4 Å². The molecule has 0 radical (unpaired) electrons. The van der Waals surface area contributed by atoms with Crippen LogP contribution in [0.4, 0.5) is 0 Å². The van der Waals surface area contributed by atoms with E-state index in [1.165, 1.54) is 6.42 Å². The number of halogens is 1. The van der Waals surface area contributed by atoms with Gasteiger partial charge in [-0.05, 0) is 32.7 Å². The Morgan fingerprint density at radius 1 is 1.59 bits per heavy atom. The van der Waals surface area contributed by atoms with Crippen LogP contribution in [-0.2, 0) is 13.6 Å². The van der Waals surface area contributed by atoms with Crippen molar-refractivity contribution >= 4 is 11.6 Å². The van der Waals surface area contributed by atoms with Crippen LogP contribution in [0.2, 0.25) is 5.02 Å². The zero-order valence-corrected chi connectivity index (χ0v) is 11.5. The summed E-state index contributed by atoms with van der Waals surface area (Å²) >= 11 is 6.26. The van der Waals surface area contributed by atoms with Crippen LogP contribution < -0.4 is 5.73 Å². The Hall–Kier alpha value is -0.580. The third-order valence-electron chi connectivity index (χ3n) is 3.75. The Labute approximate surface area is 108 Å². The van der Waals surface area contributed by atoms with Gasteiger partial charge in [-0.1, -0.05) is 11.6 Å². The first-order valence-corrected chi connectivity index (χ1v) is 6.52. The Bertz CT molecular complexity index is 399. The molecule has 1 fully saturated rings. The summed E-state index contributed by atoms with van der Waals surface area (Å²) in [6.07, 6.45) is 1.18. The van der Waals surface area contributed by atoms with Crippen LogP contribution in [0.5, 0.6) is 0 Å². The maximum absolute atomic E-state index is 6.26. The highest BCUT2D eigenvalue weighted by Crippen LogP contribution is 2.24. The van der Waals surface area contributed by atoms with E-state index in [4.69, 9.17) is 17.3 Å². The minimum absolute atomic E-state index is 0.279. The molecule has 2 heterocycles. The largest absolute Gasteiger partial charge is 0.328 e. The smallest absolute Gasteiger partial charge is 0.0953 e. The summed E-state index contributed by atoms with van der Waals surface area (Å²) in [5.41, 5.74) is 7.95. The van der Waals surface area contributed by atoms with Gasteiger partial charge < -0.3 is 5.73 Å². The first-order valence-electron chi connectivity index (χ1n) is 6.15. The van der Waals surface area contributed by atoms with Crippen molar-refractivity contribution in [3.63, 3.8) is 0 Å². The third-order valence-corrected chi connectivity index (χ3v) is 4.24. The molecule has 2 N–H and O–H groups in total. The van der Waals surface area contributed by atoms with Gasteiger partial charge in [-0.2, -0.15) is 5.10 Å². The van der Waals surface area contributed by atoms with E-state index in [9.17, 15) is 0 Å². The second-order valence-corrected chi connectivity index (χ2v) is 5.49. The van der Waals surface area contributed by atoms with Crippen LogP contribution in [0.1, 0.15) is 24.7 Å². The van der Waals surface area contributed by atoms with Crippen LogP contribution in [-0.4, -0.2) is 33.8 Å². The molecule has 2 unspecified atom stereocenters. The molecule has 0 aliphatic carbocycles. The van der Waals surface area contributed by atoms with Gasteiger partial charge in [0.15, 0.2) is 0 Å². The summed E-state index contributed by atoms with van der Waals surface area (Å²) in [5.74, 6) is 0.610. The summed E-state index contributed by atoms with van der Waals surface area (Å²) in [4.78, 5) is 2.39. The average Bonchev–Trinajstić information content (AvgIpc) is 2.82. The summed E-state index contributed by atoms with van der Waals surface area (Å²) < 4.78 is 1.84. The van der Waals surface area contributed by atoms with Gasteiger partial charge in [0.1, 0.15) is 0 Å². The van der Waals surface area contributed by atoms with Crippen LogP contribution in [0.15, 0.2) is 0 Å². The molecule has 0 bridgehead atoms. The fraction of sp³-hybridized carbons (Fsp3) is 0.750. The average molecular weight is 257 g/mol. The van der Waals surface area contributed by atoms with Crippen LogP contribution >= 0.6 is 11.6 Å². The minimum atomic E-state index is 0.279. The number of aryl methyl sites for hydroxylation is 1. The Morgan fingerprint density at radius 2 is 2.29 bits per heavy atom. The van der Waals surface area contributed by atoms with Gasteiger partial charge >= 0.3 is 0 Å². The van der Waals surface area contributed by atoms with Crippen molar-refractivity contribution < 1.29 is 0 Å². The Balaban J connectivity index is 2.00. The Kier molecular flexibility index (Phi) is 3.76. The zero-order chi connectivity index (χ0) is 12.6. The summed E-state index contributed by atoms with van der Waals surface area (Å²) in [7, 11) is 1.93. The lowest BCUT2D eigenvalue weighted by molar-refractivity contribution is 0.304. The first kappa shape index (κ1) is 12.9. The van der Waals surface area contributed by atoms with Crippen molar-refractivity contribution in [1.82, 2.24) is 14.7 Å². The summed E-state index contributed by atoms with van der Waals surface area (Å²) in [5, 5.41) is 5.26. The van der Waals surface area contributed by atoms with Gasteiger partial charge in [-0.25, -0.2) is 0 Å². The number of hydrogen-bond donors (Lipinski definition) is 1. The second-order valence-electron chi connectivity index (χ2n) is 5.11. The number of nitrogens with two attached hydrogens (primary N) is 1. The van der Waals surface area contributed by atoms with Crippen LogP contribution in [0.3, 0.4) is 0 Å². The van der Waals surface area contributed by atoms with Gasteiger partial charge in [0.05, 0.1) is 16.4 Å². The number of nitrogens with zero attached hydrogens (tertiary/aromatic N) is 3. The molecule has 0 saturated carbocycles. The SMILES string of the molecule is Cc1c(Cl)c(CN2CCC(C(C)N)C2)nn1C. The topological polar surface area (TPSA) is 47.1 Å². The molecule has 1 aromatic rings. The van der Waals surface area contributed by atoms with E-state index in [1.54, 1.807) is 0 Å². The lowest BCUT2D eigenvalue weighted by atomic mass is 10.0. The van der Waals surface area contributed by atoms with E-state index in [1.807, 2.05) is 18.7 Å².